The first kappa shape index (κ1) is 43.3. The molecule has 0 bridgehead atoms. The van der Waals surface area contributed by atoms with Crippen LogP contribution in [0.4, 0.5) is 20.2 Å². The monoisotopic (exact) mass is 940 g/mol. The summed E-state index contributed by atoms with van der Waals surface area (Å²) in [5, 5.41) is 5.95. The van der Waals surface area contributed by atoms with Crippen LogP contribution < -0.4 is 20.1 Å². The van der Waals surface area contributed by atoms with E-state index in [9.17, 15) is 35.2 Å². The Bertz CT molecular complexity index is 2550. The summed E-state index contributed by atoms with van der Waals surface area (Å²) < 4.78 is 84.1. The van der Waals surface area contributed by atoms with Crippen LogP contribution in [0.1, 0.15) is 34.9 Å². The van der Waals surface area contributed by atoms with Crippen LogP contribution in [0.2, 0.25) is 10.0 Å². The van der Waals surface area contributed by atoms with Crippen molar-refractivity contribution in [2.24, 2.45) is 0 Å². The number of aromatic amines is 2. The molecule has 316 valence electrons. The van der Waals surface area contributed by atoms with Crippen LogP contribution in [0.3, 0.4) is 0 Å². The normalized spacial score (nSPS) is 21.4. The summed E-state index contributed by atoms with van der Waals surface area (Å²) in [7, 11) is -5.21. The second kappa shape index (κ2) is 17.7. The fourth-order valence-corrected chi connectivity index (χ4v) is 11.0. The topological polar surface area (TPSA) is 240 Å². The number of carbonyl (C=O) groups excluding carboxylic acids is 2. The molecule has 2 fully saturated rings. The van der Waals surface area contributed by atoms with Gasteiger partial charge in [-0.25, -0.2) is 28.7 Å². The maximum atomic E-state index is 13.3. The van der Waals surface area contributed by atoms with Crippen molar-refractivity contribution < 1.29 is 35.2 Å². The van der Waals surface area contributed by atoms with Crippen LogP contribution in [-0.4, -0.2) is 93.3 Å². The Morgan fingerprint density at radius 1 is 0.700 bits per heavy atom. The molecule has 0 aliphatic carbocycles. The van der Waals surface area contributed by atoms with Gasteiger partial charge in [0, 0.05) is 37.9 Å². The number of thiazole rings is 2. The molecular weight excluding hydrogens is 910 g/mol. The summed E-state index contributed by atoms with van der Waals surface area (Å²) in [4.78, 5) is 49.7. The SMILES string of the molecule is CN1[C@@H](C(=O)Nc2ccc(F)c(Cl)c2)C[C@@H](c2ncc(-c3cnc[nH]3)s2)NS1(=O)=O.CN1[C@H](C(=O)Nc2ccc(F)c(Cl)c2)C[C@H](c2ncc(-c3cnc[nH]3)s2)NS1(=O)=O. The summed E-state index contributed by atoms with van der Waals surface area (Å²) in [6.07, 6.45) is 9.91. The fourth-order valence-electron chi connectivity index (χ4n) is 6.07. The number of aromatic nitrogens is 6. The van der Waals surface area contributed by atoms with E-state index in [4.69, 9.17) is 23.2 Å². The molecule has 0 spiro atoms. The van der Waals surface area contributed by atoms with Gasteiger partial charge >= 0.3 is 0 Å². The van der Waals surface area contributed by atoms with E-state index in [1.807, 2.05) is 0 Å². The van der Waals surface area contributed by atoms with Gasteiger partial charge in [0.1, 0.15) is 33.7 Å². The van der Waals surface area contributed by atoms with Crippen molar-refractivity contribution in [3.8, 4) is 21.1 Å². The van der Waals surface area contributed by atoms with Crippen LogP contribution in [0.25, 0.3) is 21.1 Å². The maximum absolute atomic E-state index is 13.3. The van der Waals surface area contributed by atoms with Crippen LogP contribution >= 0.6 is 45.9 Å². The molecule has 2 saturated heterocycles. The van der Waals surface area contributed by atoms with Gasteiger partial charge in [-0.3, -0.25) is 9.59 Å². The quantitative estimate of drug-likeness (QED) is 0.118. The molecule has 60 heavy (non-hydrogen) atoms. The molecule has 2 aromatic carbocycles. The predicted octanol–water partition coefficient (Wildman–Crippen LogP) is 5.09. The highest BCUT2D eigenvalue weighted by atomic mass is 35.5. The number of rotatable bonds is 8. The summed E-state index contributed by atoms with van der Waals surface area (Å²) in [5.74, 6) is -2.34. The number of hydrogen-bond donors (Lipinski definition) is 6. The third-order valence-electron chi connectivity index (χ3n) is 9.29. The van der Waals surface area contributed by atoms with Gasteiger partial charge in [-0.1, -0.05) is 23.2 Å². The maximum Gasteiger partial charge on any atom is 0.280 e. The van der Waals surface area contributed by atoms with Crippen molar-refractivity contribution in [2.45, 2.75) is 37.0 Å². The number of anilines is 2. The van der Waals surface area contributed by atoms with E-state index >= 15 is 0 Å². The first-order chi connectivity index (χ1) is 28.5. The molecule has 18 nitrogen and oxygen atoms in total. The Hall–Kier alpha value is -4.76. The smallest absolute Gasteiger partial charge is 0.280 e. The number of likely N-dealkylation sites (N-methyl/N-ethyl adjacent to an activating group) is 2. The Morgan fingerprint density at radius 3 is 1.45 bits per heavy atom. The second-order valence-corrected chi connectivity index (χ2v) is 19.6. The molecule has 4 aromatic heterocycles. The number of nitrogens with one attached hydrogen (secondary N) is 6. The molecule has 26 heteroatoms. The van der Waals surface area contributed by atoms with E-state index in [1.165, 1.54) is 73.7 Å². The van der Waals surface area contributed by atoms with Crippen molar-refractivity contribution in [2.75, 3.05) is 24.7 Å². The lowest BCUT2D eigenvalue weighted by molar-refractivity contribution is -0.120. The van der Waals surface area contributed by atoms with Crippen molar-refractivity contribution >= 4 is 89.5 Å². The van der Waals surface area contributed by atoms with Gasteiger partial charge in [0.15, 0.2) is 0 Å². The summed E-state index contributed by atoms with van der Waals surface area (Å²) >= 11 is 14.1. The highest BCUT2D eigenvalue weighted by molar-refractivity contribution is 7.87. The van der Waals surface area contributed by atoms with Crippen molar-refractivity contribution in [1.82, 2.24) is 48.0 Å². The lowest BCUT2D eigenvalue weighted by atomic mass is 10.1. The molecule has 6 heterocycles. The number of amides is 2. The van der Waals surface area contributed by atoms with Crippen LogP contribution in [0.15, 0.2) is 73.8 Å². The zero-order valence-electron chi connectivity index (χ0n) is 30.9. The standard InChI is InChI=1S/2C17H16ClFN6O3S2/c2*1-25-14(16(26)23-9-2-3-11(19)10(18)4-9)5-12(24-30(25,27)28)17-21-7-15(29-17)13-6-20-8-22-13/h2*2-4,6-8,12,14,24H,5H2,1H3,(H,20,22)(H,23,26)/t2*12-,14+/m10/s1. The highest BCUT2D eigenvalue weighted by Gasteiger charge is 2.43. The Kier molecular flexibility index (Phi) is 12.8. The van der Waals surface area contributed by atoms with Crippen molar-refractivity contribution in [3.05, 3.63) is 106 Å². The minimum atomic E-state index is -3.92. The Morgan fingerprint density at radius 2 is 1.10 bits per heavy atom. The first-order valence-electron chi connectivity index (χ1n) is 17.4. The minimum absolute atomic E-state index is 0.147. The lowest BCUT2D eigenvalue weighted by Gasteiger charge is -2.35. The van der Waals surface area contributed by atoms with Gasteiger partial charge in [-0.2, -0.15) is 34.9 Å². The highest BCUT2D eigenvalue weighted by Crippen LogP contribution is 2.36. The lowest BCUT2D eigenvalue weighted by Crippen LogP contribution is -2.55. The van der Waals surface area contributed by atoms with E-state index in [0.717, 1.165) is 41.9 Å². The van der Waals surface area contributed by atoms with E-state index < -0.39 is 68.0 Å². The fraction of sp³-hybridized carbons (Fsp3) is 0.235. The largest absolute Gasteiger partial charge is 0.344 e. The molecule has 2 aliphatic rings. The third kappa shape index (κ3) is 9.57. The van der Waals surface area contributed by atoms with Crippen molar-refractivity contribution in [1.29, 1.82) is 0 Å². The summed E-state index contributed by atoms with van der Waals surface area (Å²) in [5.41, 5.74) is 2.06. The number of nitrogens with zero attached hydrogens (tertiary/aromatic N) is 6. The van der Waals surface area contributed by atoms with Crippen LogP contribution in [0.5, 0.6) is 0 Å². The predicted molar refractivity (Wildman–Crippen MR) is 221 cm³/mol. The zero-order chi connectivity index (χ0) is 42.9. The number of H-pyrrole nitrogens is 2. The van der Waals surface area contributed by atoms with Gasteiger partial charge in [0.25, 0.3) is 20.4 Å². The number of carbonyl (C=O) groups is 2. The molecule has 6 aromatic rings. The van der Waals surface area contributed by atoms with Crippen molar-refractivity contribution in [3.63, 3.8) is 0 Å². The molecule has 0 saturated carbocycles. The summed E-state index contributed by atoms with van der Waals surface area (Å²) in [6.45, 7) is 0. The first-order valence-corrected chi connectivity index (χ1v) is 22.7. The number of halogens is 4. The molecule has 2 amide bonds. The average Bonchev–Trinajstić information content (AvgIpc) is 4.04. The minimum Gasteiger partial charge on any atom is -0.344 e. The van der Waals surface area contributed by atoms with Gasteiger partial charge < -0.3 is 20.6 Å². The van der Waals surface area contributed by atoms with Crippen LogP contribution in [-0.2, 0) is 30.0 Å². The van der Waals surface area contributed by atoms with E-state index in [1.54, 1.807) is 24.8 Å². The van der Waals surface area contributed by atoms with Crippen LogP contribution in [0, 0.1) is 11.6 Å². The van der Waals surface area contributed by atoms with E-state index in [-0.39, 0.29) is 34.3 Å². The van der Waals surface area contributed by atoms with Gasteiger partial charge in [0.05, 0.1) is 68.3 Å². The Balaban J connectivity index is 0.000000181. The number of imidazole rings is 2. The third-order valence-corrected chi connectivity index (χ3v) is 15.3. The molecule has 4 atom stereocenters. The molecule has 0 unspecified atom stereocenters. The van der Waals surface area contributed by atoms with E-state index in [0.29, 0.717) is 10.0 Å². The number of hydrogen-bond acceptors (Lipinski definition) is 12. The van der Waals surface area contributed by atoms with E-state index in [2.05, 4.69) is 50.0 Å². The molecule has 8 rings (SSSR count). The Labute approximate surface area is 359 Å². The van der Waals surface area contributed by atoms with Gasteiger partial charge in [-0.05, 0) is 49.2 Å². The zero-order valence-corrected chi connectivity index (χ0v) is 35.7. The number of benzene rings is 2. The van der Waals surface area contributed by atoms with Gasteiger partial charge in [-0.15, -0.1) is 22.7 Å². The molecular formula is C34H32Cl2F2N12O6S4. The van der Waals surface area contributed by atoms with Gasteiger partial charge in [0.2, 0.25) is 11.8 Å². The molecule has 0 radical (unpaired) electrons. The molecule has 6 N–H and O–H groups in total. The molecule has 2 aliphatic heterocycles. The second-order valence-electron chi connectivity index (χ2n) is 13.2. The summed E-state index contributed by atoms with van der Waals surface area (Å²) in [6, 6.07) is 4.12. The average molecular weight is 942 g/mol.